The van der Waals surface area contributed by atoms with E-state index in [-0.39, 0.29) is 18.0 Å². The molecule has 0 saturated carbocycles. The molecule has 5 nitrogen and oxygen atoms in total. The minimum atomic E-state index is 0.157. The number of amides is 1. The van der Waals surface area contributed by atoms with E-state index >= 15 is 0 Å². The third kappa shape index (κ3) is 3.47. The molecule has 0 spiro atoms. The number of carbonyl (C=O) groups is 1. The molecule has 0 radical (unpaired) electrons. The molecule has 2 unspecified atom stereocenters. The maximum Gasteiger partial charge on any atom is 0.220 e. The van der Waals surface area contributed by atoms with Crippen LogP contribution in [0.4, 0.5) is 0 Å². The molecule has 1 fully saturated rings. The lowest BCUT2D eigenvalue weighted by molar-refractivity contribution is -0.119. The van der Waals surface area contributed by atoms with Crippen LogP contribution >= 0.6 is 0 Å². The Kier molecular flexibility index (Phi) is 4.29. The van der Waals surface area contributed by atoms with Gasteiger partial charge in [-0.2, -0.15) is 0 Å². The van der Waals surface area contributed by atoms with E-state index in [1.165, 1.54) is 5.56 Å². The fraction of sp³-hybridized carbons (Fsp3) is 0.562. The van der Waals surface area contributed by atoms with Crippen LogP contribution in [-0.4, -0.2) is 31.7 Å². The highest BCUT2D eigenvalue weighted by Crippen LogP contribution is 2.32. The normalized spacial score (nSPS) is 22.5. The third-order valence-corrected chi connectivity index (χ3v) is 4.03. The highest BCUT2D eigenvalue weighted by Gasteiger charge is 2.21. The van der Waals surface area contributed by atoms with Gasteiger partial charge in [0.15, 0.2) is 11.5 Å². The summed E-state index contributed by atoms with van der Waals surface area (Å²) in [5.41, 5.74) is 1.17. The lowest BCUT2D eigenvalue weighted by atomic mass is 10.1. The van der Waals surface area contributed by atoms with Gasteiger partial charge in [0.2, 0.25) is 5.91 Å². The van der Waals surface area contributed by atoms with Gasteiger partial charge in [0.25, 0.3) is 0 Å². The van der Waals surface area contributed by atoms with Crippen molar-refractivity contribution in [2.45, 2.75) is 38.3 Å². The van der Waals surface area contributed by atoms with Crippen LogP contribution in [0.25, 0.3) is 0 Å². The van der Waals surface area contributed by atoms with Gasteiger partial charge in [-0.25, -0.2) is 0 Å². The molecule has 114 valence electrons. The zero-order chi connectivity index (χ0) is 14.7. The fourth-order valence-electron chi connectivity index (χ4n) is 2.72. The van der Waals surface area contributed by atoms with Gasteiger partial charge in [0.1, 0.15) is 0 Å². The molecule has 3 rings (SSSR count). The molecular formula is C16H22N2O3. The first-order chi connectivity index (χ1) is 10.2. The molecule has 5 heteroatoms. The molecular weight excluding hydrogens is 268 g/mol. The lowest BCUT2D eigenvalue weighted by Gasteiger charge is -2.19. The van der Waals surface area contributed by atoms with Gasteiger partial charge in [0, 0.05) is 31.5 Å². The van der Waals surface area contributed by atoms with Gasteiger partial charge in [-0.3, -0.25) is 4.79 Å². The first-order valence-corrected chi connectivity index (χ1v) is 7.64. The summed E-state index contributed by atoms with van der Waals surface area (Å²) in [5, 5.41) is 6.45. The van der Waals surface area contributed by atoms with E-state index in [0.29, 0.717) is 19.6 Å². The van der Waals surface area contributed by atoms with Crippen molar-refractivity contribution in [3.05, 3.63) is 23.8 Å². The predicted octanol–water partition coefficient (Wildman–Crippen LogP) is 1.78. The Morgan fingerprint density at radius 3 is 2.90 bits per heavy atom. The molecule has 1 aromatic carbocycles. The zero-order valence-electron chi connectivity index (χ0n) is 12.4. The standard InChI is InChI=1S/C16H22N2O3/c1-11(17-10-13-4-6-16(19)18-13)12-3-5-14-15(9-12)21-8-2-7-20-14/h3,5,9,11,13,17H,2,4,6-8,10H2,1H3,(H,18,19). The van der Waals surface area contributed by atoms with Gasteiger partial charge < -0.3 is 20.1 Å². The van der Waals surface area contributed by atoms with Crippen LogP contribution in [0, 0.1) is 0 Å². The Bertz CT molecular complexity index is 518. The molecule has 0 aliphatic carbocycles. The van der Waals surface area contributed by atoms with Gasteiger partial charge in [-0.05, 0) is 31.0 Å². The first kappa shape index (κ1) is 14.2. The lowest BCUT2D eigenvalue weighted by Crippen LogP contribution is -2.36. The molecule has 2 N–H and O–H groups in total. The molecule has 1 amide bonds. The number of rotatable bonds is 4. The van der Waals surface area contributed by atoms with E-state index in [1.54, 1.807) is 0 Å². The number of nitrogens with one attached hydrogen (secondary N) is 2. The Balaban J connectivity index is 1.60. The molecule has 1 saturated heterocycles. The average Bonchev–Trinajstić information content (AvgIpc) is 2.77. The van der Waals surface area contributed by atoms with Gasteiger partial charge >= 0.3 is 0 Å². The second-order valence-electron chi connectivity index (χ2n) is 5.69. The van der Waals surface area contributed by atoms with Crippen LogP contribution in [-0.2, 0) is 4.79 Å². The zero-order valence-corrected chi connectivity index (χ0v) is 12.4. The van der Waals surface area contributed by atoms with Crippen molar-refractivity contribution in [2.24, 2.45) is 0 Å². The summed E-state index contributed by atoms with van der Waals surface area (Å²) < 4.78 is 11.4. The van der Waals surface area contributed by atoms with Crippen LogP contribution in [0.1, 0.15) is 37.8 Å². The second-order valence-corrected chi connectivity index (χ2v) is 5.69. The molecule has 2 aliphatic heterocycles. The summed E-state index contributed by atoms with van der Waals surface area (Å²) in [7, 11) is 0. The van der Waals surface area contributed by atoms with Crippen LogP contribution < -0.4 is 20.1 Å². The largest absolute Gasteiger partial charge is 0.490 e. The molecule has 1 aromatic rings. The van der Waals surface area contributed by atoms with E-state index in [4.69, 9.17) is 9.47 Å². The van der Waals surface area contributed by atoms with Crippen molar-refractivity contribution in [3.8, 4) is 11.5 Å². The summed E-state index contributed by atoms with van der Waals surface area (Å²) in [6.07, 6.45) is 2.48. The van der Waals surface area contributed by atoms with Gasteiger partial charge in [-0.15, -0.1) is 0 Å². The maximum atomic E-state index is 11.2. The Morgan fingerprint density at radius 2 is 2.14 bits per heavy atom. The fourth-order valence-corrected chi connectivity index (χ4v) is 2.72. The Morgan fingerprint density at radius 1 is 1.33 bits per heavy atom. The van der Waals surface area contributed by atoms with Crippen molar-refractivity contribution < 1.29 is 14.3 Å². The SMILES string of the molecule is CC(NCC1CCC(=O)N1)c1ccc2c(c1)OCCCO2. The summed E-state index contributed by atoms with van der Waals surface area (Å²) in [6, 6.07) is 6.55. The number of ether oxygens (including phenoxy) is 2. The van der Waals surface area contributed by atoms with Crippen LogP contribution in [0.3, 0.4) is 0 Å². The van der Waals surface area contributed by atoms with Crippen LogP contribution in [0.2, 0.25) is 0 Å². The monoisotopic (exact) mass is 290 g/mol. The van der Waals surface area contributed by atoms with Crippen molar-refractivity contribution in [1.29, 1.82) is 0 Å². The summed E-state index contributed by atoms with van der Waals surface area (Å²) in [4.78, 5) is 11.2. The average molecular weight is 290 g/mol. The van der Waals surface area contributed by atoms with Crippen molar-refractivity contribution in [1.82, 2.24) is 10.6 Å². The quantitative estimate of drug-likeness (QED) is 0.887. The molecule has 0 bridgehead atoms. The smallest absolute Gasteiger partial charge is 0.220 e. The second kappa shape index (κ2) is 6.35. The molecule has 2 heterocycles. The Labute approximate surface area is 125 Å². The number of carbonyl (C=O) groups excluding carboxylic acids is 1. The maximum absolute atomic E-state index is 11.2. The Hall–Kier alpha value is -1.75. The highest BCUT2D eigenvalue weighted by molar-refractivity contribution is 5.78. The van der Waals surface area contributed by atoms with Gasteiger partial charge in [0.05, 0.1) is 13.2 Å². The van der Waals surface area contributed by atoms with E-state index in [2.05, 4.69) is 23.6 Å². The van der Waals surface area contributed by atoms with Gasteiger partial charge in [-0.1, -0.05) is 6.07 Å². The summed E-state index contributed by atoms with van der Waals surface area (Å²) in [6.45, 7) is 4.32. The highest BCUT2D eigenvalue weighted by atomic mass is 16.5. The number of benzene rings is 1. The minimum Gasteiger partial charge on any atom is -0.490 e. The molecule has 21 heavy (non-hydrogen) atoms. The number of fused-ring (bicyclic) bond motifs is 1. The van der Waals surface area contributed by atoms with E-state index < -0.39 is 0 Å². The van der Waals surface area contributed by atoms with E-state index in [1.807, 2.05) is 12.1 Å². The predicted molar refractivity (Wildman–Crippen MR) is 79.6 cm³/mol. The third-order valence-electron chi connectivity index (χ3n) is 4.03. The van der Waals surface area contributed by atoms with Crippen LogP contribution in [0.5, 0.6) is 11.5 Å². The molecule has 2 atom stereocenters. The molecule has 2 aliphatic rings. The number of hydrogen-bond acceptors (Lipinski definition) is 4. The minimum absolute atomic E-state index is 0.157. The van der Waals surface area contributed by atoms with Crippen LogP contribution in [0.15, 0.2) is 18.2 Å². The number of hydrogen-bond donors (Lipinski definition) is 2. The summed E-state index contributed by atoms with van der Waals surface area (Å²) >= 11 is 0. The van der Waals surface area contributed by atoms with E-state index in [9.17, 15) is 4.79 Å². The van der Waals surface area contributed by atoms with Crippen molar-refractivity contribution in [2.75, 3.05) is 19.8 Å². The van der Waals surface area contributed by atoms with E-state index in [0.717, 1.165) is 30.9 Å². The summed E-state index contributed by atoms with van der Waals surface area (Å²) in [5.74, 6) is 1.81. The van der Waals surface area contributed by atoms with Crippen molar-refractivity contribution >= 4 is 5.91 Å². The topological polar surface area (TPSA) is 59.6 Å². The van der Waals surface area contributed by atoms with Crippen molar-refractivity contribution in [3.63, 3.8) is 0 Å². The first-order valence-electron chi connectivity index (χ1n) is 7.64. The molecule has 0 aromatic heterocycles.